The molecular weight excluding hydrogens is 362 g/mol. The van der Waals surface area contributed by atoms with E-state index in [1.807, 2.05) is 10.7 Å². The smallest absolute Gasteiger partial charge is 0.274 e. The molecule has 4 rings (SSSR count). The maximum atomic E-state index is 12.8. The molecule has 0 bridgehead atoms. The van der Waals surface area contributed by atoms with E-state index < -0.39 is 4.92 Å². The van der Waals surface area contributed by atoms with Crippen molar-refractivity contribution in [3.05, 3.63) is 57.4 Å². The predicted molar refractivity (Wildman–Crippen MR) is 100 cm³/mol. The van der Waals surface area contributed by atoms with E-state index >= 15 is 0 Å². The first-order valence-electron chi connectivity index (χ1n) is 9.42. The first-order chi connectivity index (χ1) is 13.5. The summed E-state index contributed by atoms with van der Waals surface area (Å²) < 4.78 is 1.92. The number of non-ortho nitro benzene ring substituents is 1. The van der Waals surface area contributed by atoms with Crippen LogP contribution in [0.15, 0.2) is 30.3 Å². The molecule has 28 heavy (non-hydrogen) atoms. The zero-order valence-electron chi connectivity index (χ0n) is 15.4. The fourth-order valence-corrected chi connectivity index (χ4v) is 3.73. The molecule has 1 fully saturated rings. The molecule has 146 valence electrons. The number of hydrogen-bond donors (Lipinski definition) is 0. The molecule has 1 aromatic carbocycles. The fraction of sp³-hybridized carbons (Fsp3) is 0.421. The van der Waals surface area contributed by atoms with Crippen LogP contribution in [0.2, 0.25) is 0 Å². The monoisotopic (exact) mass is 383 g/mol. The van der Waals surface area contributed by atoms with Crippen molar-refractivity contribution in [2.45, 2.75) is 25.8 Å². The quantitative estimate of drug-likeness (QED) is 0.593. The summed E-state index contributed by atoms with van der Waals surface area (Å²) in [5.74, 6) is -0.363. The molecule has 2 aliphatic heterocycles. The number of nitro benzene ring substituents is 1. The molecule has 0 radical (unpaired) electrons. The lowest BCUT2D eigenvalue weighted by Gasteiger charge is -2.34. The van der Waals surface area contributed by atoms with Crippen molar-refractivity contribution in [3.63, 3.8) is 0 Å². The number of nitro groups is 1. The second kappa shape index (κ2) is 7.41. The van der Waals surface area contributed by atoms with Crippen LogP contribution >= 0.6 is 0 Å². The van der Waals surface area contributed by atoms with E-state index in [1.165, 1.54) is 18.2 Å². The Bertz CT molecular complexity index is 907. The van der Waals surface area contributed by atoms with Crippen LogP contribution in [0, 0.1) is 10.1 Å². The van der Waals surface area contributed by atoms with Gasteiger partial charge in [0.15, 0.2) is 5.69 Å². The van der Waals surface area contributed by atoms with Gasteiger partial charge >= 0.3 is 0 Å². The first kappa shape index (κ1) is 18.1. The van der Waals surface area contributed by atoms with E-state index in [4.69, 9.17) is 0 Å². The zero-order valence-corrected chi connectivity index (χ0v) is 15.4. The topological polar surface area (TPSA) is 102 Å². The van der Waals surface area contributed by atoms with E-state index in [-0.39, 0.29) is 23.1 Å². The molecular formula is C19H21N5O4. The van der Waals surface area contributed by atoms with Crippen LogP contribution in [0.1, 0.15) is 39.4 Å². The van der Waals surface area contributed by atoms with Crippen molar-refractivity contribution in [3.8, 4) is 0 Å². The standard InChI is InChI=1S/C19H21N5O4/c25-18(14-4-3-6-16(12-14)24(27)28)21-8-10-22(11-9-21)19(26)17-13-15-5-1-2-7-23(15)20-17/h3-4,6,12-13H,1-2,5,7-11H2. The minimum Gasteiger partial charge on any atom is -0.335 e. The number of aromatic nitrogens is 2. The van der Waals surface area contributed by atoms with Gasteiger partial charge in [0.2, 0.25) is 0 Å². The Labute approximate surface area is 161 Å². The number of piperazine rings is 1. The highest BCUT2D eigenvalue weighted by molar-refractivity contribution is 5.95. The van der Waals surface area contributed by atoms with Gasteiger partial charge in [0.1, 0.15) is 0 Å². The van der Waals surface area contributed by atoms with Crippen LogP contribution in [-0.4, -0.2) is 62.5 Å². The minimum atomic E-state index is -0.516. The van der Waals surface area contributed by atoms with Crippen molar-refractivity contribution < 1.29 is 14.5 Å². The SMILES string of the molecule is O=C(c1cccc([N+](=O)[O-])c1)N1CCN(C(=O)c2cc3n(n2)CCCC3)CC1. The molecule has 0 unspecified atom stereocenters. The van der Waals surface area contributed by atoms with Gasteiger partial charge in [0.25, 0.3) is 17.5 Å². The molecule has 2 aromatic rings. The number of fused-ring (bicyclic) bond motifs is 1. The number of carbonyl (C=O) groups excluding carboxylic acids is 2. The number of nitrogens with zero attached hydrogens (tertiary/aromatic N) is 5. The maximum absolute atomic E-state index is 12.8. The maximum Gasteiger partial charge on any atom is 0.274 e. The Morgan fingerprint density at radius 3 is 2.36 bits per heavy atom. The highest BCUT2D eigenvalue weighted by Crippen LogP contribution is 2.18. The zero-order chi connectivity index (χ0) is 19.7. The highest BCUT2D eigenvalue weighted by atomic mass is 16.6. The number of carbonyl (C=O) groups is 2. The molecule has 1 saturated heterocycles. The summed E-state index contributed by atoms with van der Waals surface area (Å²) in [4.78, 5) is 39.1. The van der Waals surface area contributed by atoms with Gasteiger partial charge in [-0.05, 0) is 31.4 Å². The van der Waals surface area contributed by atoms with Crippen LogP contribution < -0.4 is 0 Å². The molecule has 0 saturated carbocycles. The molecule has 0 aliphatic carbocycles. The molecule has 0 atom stereocenters. The molecule has 0 spiro atoms. The number of aryl methyl sites for hydroxylation is 2. The molecule has 9 nitrogen and oxygen atoms in total. The summed E-state index contributed by atoms with van der Waals surface area (Å²) in [6.45, 7) is 2.47. The Morgan fingerprint density at radius 2 is 1.68 bits per heavy atom. The van der Waals surface area contributed by atoms with Crippen LogP contribution in [0.3, 0.4) is 0 Å². The Hall–Kier alpha value is -3.23. The molecule has 3 heterocycles. The van der Waals surface area contributed by atoms with Gasteiger partial charge in [0.05, 0.1) is 4.92 Å². The molecule has 2 amide bonds. The summed E-state index contributed by atoms with van der Waals surface area (Å²) >= 11 is 0. The summed E-state index contributed by atoms with van der Waals surface area (Å²) in [5.41, 5.74) is 1.75. The van der Waals surface area contributed by atoms with E-state index in [0.717, 1.165) is 31.5 Å². The van der Waals surface area contributed by atoms with Crippen molar-refractivity contribution >= 4 is 17.5 Å². The van der Waals surface area contributed by atoms with Crippen molar-refractivity contribution in [2.24, 2.45) is 0 Å². The fourth-order valence-electron chi connectivity index (χ4n) is 3.73. The van der Waals surface area contributed by atoms with Crippen molar-refractivity contribution in [1.29, 1.82) is 0 Å². The number of benzene rings is 1. The highest BCUT2D eigenvalue weighted by Gasteiger charge is 2.28. The number of hydrogen-bond acceptors (Lipinski definition) is 5. The van der Waals surface area contributed by atoms with Gasteiger partial charge in [-0.2, -0.15) is 5.10 Å². The van der Waals surface area contributed by atoms with Gasteiger partial charge in [-0.3, -0.25) is 24.4 Å². The number of rotatable bonds is 3. The Kier molecular flexibility index (Phi) is 4.81. The minimum absolute atomic E-state index is 0.107. The summed E-state index contributed by atoms with van der Waals surface area (Å²) in [7, 11) is 0. The van der Waals surface area contributed by atoms with E-state index in [0.29, 0.717) is 31.9 Å². The van der Waals surface area contributed by atoms with Gasteiger partial charge in [0, 0.05) is 56.1 Å². The van der Waals surface area contributed by atoms with Crippen LogP contribution in [0.4, 0.5) is 5.69 Å². The third-order valence-corrected chi connectivity index (χ3v) is 5.29. The number of amides is 2. The third-order valence-electron chi connectivity index (χ3n) is 5.29. The van der Waals surface area contributed by atoms with Gasteiger partial charge in [-0.15, -0.1) is 0 Å². The normalized spacial score (nSPS) is 16.6. The lowest BCUT2D eigenvalue weighted by Crippen LogP contribution is -2.50. The molecule has 0 N–H and O–H groups in total. The largest absolute Gasteiger partial charge is 0.335 e. The van der Waals surface area contributed by atoms with Crippen LogP contribution in [0.5, 0.6) is 0 Å². The average Bonchev–Trinajstić information content (AvgIpc) is 3.17. The lowest BCUT2D eigenvalue weighted by atomic mass is 10.1. The first-order valence-corrected chi connectivity index (χ1v) is 9.42. The van der Waals surface area contributed by atoms with E-state index in [9.17, 15) is 19.7 Å². The second-order valence-corrected chi connectivity index (χ2v) is 7.09. The second-order valence-electron chi connectivity index (χ2n) is 7.09. The van der Waals surface area contributed by atoms with Crippen molar-refractivity contribution in [2.75, 3.05) is 26.2 Å². The Morgan fingerprint density at radius 1 is 0.964 bits per heavy atom. The summed E-state index contributed by atoms with van der Waals surface area (Å²) in [6, 6.07) is 7.60. The molecule has 9 heteroatoms. The molecule has 2 aliphatic rings. The third kappa shape index (κ3) is 3.47. The predicted octanol–water partition coefficient (Wildman–Crippen LogP) is 1.73. The summed E-state index contributed by atoms with van der Waals surface area (Å²) in [5, 5.41) is 15.3. The summed E-state index contributed by atoms with van der Waals surface area (Å²) in [6.07, 6.45) is 3.16. The average molecular weight is 383 g/mol. The van der Waals surface area contributed by atoms with Gasteiger partial charge in [-0.1, -0.05) is 6.07 Å². The van der Waals surface area contributed by atoms with Crippen molar-refractivity contribution in [1.82, 2.24) is 19.6 Å². The Balaban J connectivity index is 1.39. The van der Waals surface area contributed by atoms with E-state index in [2.05, 4.69) is 5.10 Å². The molecule has 1 aromatic heterocycles. The lowest BCUT2D eigenvalue weighted by molar-refractivity contribution is -0.384. The van der Waals surface area contributed by atoms with E-state index in [1.54, 1.807) is 15.9 Å². The van der Waals surface area contributed by atoms with Crippen LogP contribution in [-0.2, 0) is 13.0 Å². The van der Waals surface area contributed by atoms with Gasteiger partial charge in [-0.25, -0.2) is 0 Å². The van der Waals surface area contributed by atoms with Crippen LogP contribution in [0.25, 0.3) is 0 Å². The van der Waals surface area contributed by atoms with Gasteiger partial charge < -0.3 is 9.80 Å².